The van der Waals surface area contributed by atoms with Crippen LogP contribution < -0.4 is 20.1 Å². The molecule has 0 aliphatic carbocycles. The van der Waals surface area contributed by atoms with Gasteiger partial charge in [0.1, 0.15) is 11.9 Å². The van der Waals surface area contributed by atoms with E-state index in [4.69, 9.17) is 14.2 Å². The first-order valence-corrected chi connectivity index (χ1v) is 10.0. The quantitative estimate of drug-likeness (QED) is 0.312. The van der Waals surface area contributed by atoms with E-state index in [9.17, 15) is 0 Å². The van der Waals surface area contributed by atoms with Crippen molar-refractivity contribution in [1.29, 1.82) is 0 Å². The smallest absolute Gasteiger partial charge is 0.218 e. The molecule has 1 unspecified atom stereocenters. The second-order valence-electron chi connectivity index (χ2n) is 6.94. The van der Waals surface area contributed by atoms with Crippen molar-refractivity contribution in [3.63, 3.8) is 0 Å². The molecule has 0 amide bonds. The molecule has 0 bridgehead atoms. The summed E-state index contributed by atoms with van der Waals surface area (Å²) in [6.45, 7) is 7.39. The van der Waals surface area contributed by atoms with Gasteiger partial charge < -0.3 is 24.8 Å². The summed E-state index contributed by atoms with van der Waals surface area (Å²) < 4.78 is 16.9. The predicted octanol–water partition coefficient (Wildman–Crippen LogP) is 3.44. The van der Waals surface area contributed by atoms with Crippen molar-refractivity contribution < 1.29 is 14.2 Å². The van der Waals surface area contributed by atoms with Crippen LogP contribution in [0.25, 0.3) is 0 Å². The fourth-order valence-corrected chi connectivity index (χ4v) is 3.12. The third-order valence-electron chi connectivity index (χ3n) is 4.65. The molecule has 1 saturated heterocycles. The summed E-state index contributed by atoms with van der Waals surface area (Å²) in [7, 11) is 1.62. The molecule has 1 aliphatic heterocycles. The van der Waals surface area contributed by atoms with Gasteiger partial charge in [-0.25, -0.2) is 9.98 Å². The Morgan fingerprint density at radius 1 is 1.27 bits per heavy atom. The standard InChI is InChI=1S/C22H30N4O3.HI/c1-4-23-22(26-14-18-6-5-10-24-21(18)27-3)25-13-17-8-7-16(2)12-20(17)29-19-9-11-28-15-19;/h5-8,10,12,19H,4,9,11,13-15H2,1-3H3,(H2,23,25,26);1H. The normalized spacial score (nSPS) is 16.0. The molecule has 7 nitrogen and oxygen atoms in total. The maximum atomic E-state index is 6.19. The van der Waals surface area contributed by atoms with Gasteiger partial charge in [-0.3, -0.25) is 0 Å². The van der Waals surface area contributed by atoms with E-state index in [0.29, 0.717) is 25.6 Å². The zero-order valence-corrected chi connectivity index (χ0v) is 20.1. The molecule has 2 aromatic rings. The van der Waals surface area contributed by atoms with Crippen molar-refractivity contribution in [2.24, 2.45) is 4.99 Å². The van der Waals surface area contributed by atoms with Gasteiger partial charge in [-0.1, -0.05) is 18.2 Å². The first kappa shape index (κ1) is 24.2. The number of rotatable bonds is 8. The van der Waals surface area contributed by atoms with Crippen LogP contribution in [-0.2, 0) is 17.8 Å². The molecule has 3 rings (SSSR count). The predicted molar refractivity (Wildman–Crippen MR) is 129 cm³/mol. The fourth-order valence-electron chi connectivity index (χ4n) is 3.12. The minimum absolute atomic E-state index is 0. The maximum Gasteiger partial charge on any atom is 0.218 e. The van der Waals surface area contributed by atoms with Gasteiger partial charge >= 0.3 is 0 Å². The Morgan fingerprint density at radius 3 is 2.87 bits per heavy atom. The molecule has 1 aromatic heterocycles. The number of methoxy groups -OCH3 is 1. The van der Waals surface area contributed by atoms with Crippen LogP contribution in [0.2, 0.25) is 0 Å². The van der Waals surface area contributed by atoms with Gasteiger partial charge in [0.2, 0.25) is 5.88 Å². The Morgan fingerprint density at radius 2 is 2.13 bits per heavy atom. The van der Waals surface area contributed by atoms with E-state index >= 15 is 0 Å². The van der Waals surface area contributed by atoms with E-state index in [2.05, 4.69) is 45.7 Å². The van der Waals surface area contributed by atoms with Crippen molar-refractivity contribution >= 4 is 29.9 Å². The van der Waals surface area contributed by atoms with E-state index in [-0.39, 0.29) is 30.1 Å². The Balaban J connectivity index is 0.00000320. The molecular formula is C22H31IN4O3. The van der Waals surface area contributed by atoms with Crippen LogP contribution in [0.5, 0.6) is 11.6 Å². The first-order valence-electron chi connectivity index (χ1n) is 10.0. The van der Waals surface area contributed by atoms with E-state index in [0.717, 1.165) is 42.4 Å². The summed E-state index contributed by atoms with van der Waals surface area (Å²) in [6.07, 6.45) is 2.76. The molecule has 2 N–H and O–H groups in total. The van der Waals surface area contributed by atoms with Crippen LogP contribution in [0.1, 0.15) is 30.0 Å². The highest BCUT2D eigenvalue weighted by Crippen LogP contribution is 2.24. The number of nitrogens with one attached hydrogen (secondary N) is 2. The van der Waals surface area contributed by atoms with Gasteiger partial charge in [0, 0.05) is 36.8 Å². The molecule has 1 aliphatic rings. The molecule has 0 spiro atoms. The Kier molecular flexibility index (Phi) is 10.2. The molecule has 0 radical (unpaired) electrons. The number of hydrogen-bond donors (Lipinski definition) is 2. The number of guanidine groups is 1. The Labute approximate surface area is 195 Å². The number of aryl methyl sites for hydroxylation is 1. The van der Waals surface area contributed by atoms with Gasteiger partial charge in [-0.2, -0.15) is 0 Å². The third kappa shape index (κ3) is 7.02. The summed E-state index contributed by atoms with van der Waals surface area (Å²) in [5.74, 6) is 2.23. The monoisotopic (exact) mass is 526 g/mol. The molecule has 1 atom stereocenters. The van der Waals surface area contributed by atoms with Gasteiger partial charge in [0.15, 0.2) is 5.96 Å². The van der Waals surface area contributed by atoms with Crippen molar-refractivity contribution in [2.45, 2.75) is 39.5 Å². The van der Waals surface area contributed by atoms with Crippen LogP contribution in [0.15, 0.2) is 41.5 Å². The first-order chi connectivity index (χ1) is 14.2. The number of aromatic nitrogens is 1. The number of aliphatic imine (C=N–C) groups is 1. The van der Waals surface area contributed by atoms with E-state index in [1.165, 1.54) is 5.56 Å². The lowest BCUT2D eigenvalue weighted by Gasteiger charge is -2.18. The molecule has 164 valence electrons. The van der Waals surface area contributed by atoms with E-state index in [1.807, 2.05) is 19.1 Å². The summed E-state index contributed by atoms with van der Waals surface area (Å²) >= 11 is 0. The van der Waals surface area contributed by atoms with Crippen molar-refractivity contribution in [1.82, 2.24) is 15.6 Å². The zero-order chi connectivity index (χ0) is 20.5. The second-order valence-corrected chi connectivity index (χ2v) is 6.94. The minimum Gasteiger partial charge on any atom is -0.488 e. The number of ether oxygens (including phenoxy) is 3. The molecule has 1 aromatic carbocycles. The summed E-state index contributed by atoms with van der Waals surface area (Å²) in [6, 6.07) is 10.1. The molecule has 2 heterocycles. The van der Waals surface area contributed by atoms with Crippen LogP contribution in [0.4, 0.5) is 0 Å². The molecule has 1 fully saturated rings. The molecule has 30 heavy (non-hydrogen) atoms. The van der Waals surface area contributed by atoms with Gasteiger partial charge in [-0.15, -0.1) is 24.0 Å². The largest absolute Gasteiger partial charge is 0.488 e. The highest BCUT2D eigenvalue weighted by molar-refractivity contribution is 14.0. The SMILES string of the molecule is CCNC(=NCc1cccnc1OC)NCc1ccc(C)cc1OC1CCOC1.I. The van der Waals surface area contributed by atoms with Crippen LogP contribution in [-0.4, -0.2) is 43.9 Å². The molecular weight excluding hydrogens is 495 g/mol. The van der Waals surface area contributed by atoms with Gasteiger partial charge in [-0.05, 0) is 31.5 Å². The lowest BCUT2D eigenvalue weighted by atomic mass is 10.1. The second kappa shape index (κ2) is 12.6. The number of nitrogens with zero attached hydrogens (tertiary/aromatic N) is 2. The zero-order valence-electron chi connectivity index (χ0n) is 17.8. The van der Waals surface area contributed by atoms with Crippen LogP contribution >= 0.6 is 24.0 Å². The lowest BCUT2D eigenvalue weighted by molar-refractivity contribution is 0.140. The Hall–Kier alpha value is -2.07. The number of halogens is 1. The molecule has 8 heteroatoms. The topological polar surface area (TPSA) is 77.0 Å². The average molecular weight is 526 g/mol. The summed E-state index contributed by atoms with van der Waals surface area (Å²) in [5.41, 5.74) is 3.20. The van der Waals surface area contributed by atoms with E-state index < -0.39 is 0 Å². The fraction of sp³-hybridized carbons (Fsp3) is 0.455. The minimum atomic E-state index is 0. The van der Waals surface area contributed by atoms with Crippen molar-refractivity contribution in [2.75, 3.05) is 26.9 Å². The van der Waals surface area contributed by atoms with Crippen molar-refractivity contribution in [3.8, 4) is 11.6 Å². The lowest BCUT2D eigenvalue weighted by Crippen LogP contribution is -2.37. The van der Waals surface area contributed by atoms with Crippen molar-refractivity contribution in [3.05, 3.63) is 53.2 Å². The van der Waals surface area contributed by atoms with Gasteiger partial charge in [0.05, 0.1) is 26.9 Å². The number of pyridine rings is 1. The van der Waals surface area contributed by atoms with E-state index in [1.54, 1.807) is 13.3 Å². The summed E-state index contributed by atoms with van der Waals surface area (Å²) in [5, 5.41) is 6.68. The average Bonchev–Trinajstić information content (AvgIpc) is 3.24. The highest BCUT2D eigenvalue weighted by atomic mass is 127. The van der Waals surface area contributed by atoms with Gasteiger partial charge in [0.25, 0.3) is 0 Å². The number of benzene rings is 1. The van der Waals surface area contributed by atoms with Crippen LogP contribution in [0, 0.1) is 6.92 Å². The third-order valence-corrected chi connectivity index (χ3v) is 4.65. The van der Waals surface area contributed by atoms with Crippen LogP contribution in [0.3, 0.4) is 0 Å². The molecule has 0 saturated carbocycles. The number of hydrogen-bond acceptors (Lipinski definition) is 5. The maximum absolute atomic E-state index is 6.19. The summed E-state index contributed by atoms with van der Waals surface area (Å²) in [4.78, 5) is 8.90. The Bertz CT molecular complexity index is 826. The highest BCUT2D eigenvalue weighted by Gasteiger charge is 2.18.